The lowest BCUT2D eigenvalue weighted by Gasteiger charge is -2.14. The van der Waals surface area contributed by atoms with E-state index >= 15 is 0 Å². The van der Waals surface area contributed by atoms with E-state index in [9.17, 15) is 18.0 Å². The number of hydrogen-bond acceptors (Lipinski definition) is 4. The summed E-state index contributed by atoms with van der Waals surface area (Å²) < 4.78 is 51.5. The lowest BCUT2D eigenvalue weighted by molar-refractivity contribution is -0.139. The van der Waals surface area contributed by atoms with E-state index in [-0.39, 0.29) is 12.2 Å². The Hall–Kier alpha value is -3.29. The number of hydrogen-bond donors (Lipinski definition) is 0. The lowest BCUT2D eigenvalue weighted by Crippen LogP contribution is -2.31. The van der Waals surface area contributed by atoms with Crippen molar-refractivity contribution in [2.75, 3.05) is 14.2 Å². The van der Waals surface area contributed by atoms with Crippen LogP contribution in [-0.4, -0.2) is 24.0 Å². The molecule has 28 heavy (non-hydrogen) atoms. The minimum absolute atomic E-state index is 0.00353. The van der Waals surface area contributed by atoms with Crippen molar-refractivity contribution in [2.24, 2.45) is 0 Å². The summed E-state index contributed by atoms with van der Waals surface area (Å²) in [5.74, 6) is 0.774. The van der Waals surface area contributed by atoms with Crippen LogP contribution in [0.25, 0.3) is 11.3 Å². The van der Waals surface area contributed by atoms with Crippen molar-refractivity contribution >= 4 is 0 Å². The molecule has 0 aliphatic rings. The van der Waals surface area contributed by atoms with Gasteiger partial charge in [0.2, 0.25) is 0 Å². The van der Waals surface area contributed by atoms with Gasteiger partial charge in [-0.05, 0) is 29.8 Å². The molecule has 0 saturated carbocycles. The van der Waals surface area contributed by atoms with Crippen LogP contribution in [0, 0.1) is 0 Å². The van der Waals surface area contributed by atoms with Gasteiger partial charge in [-0.3, -0.25) is 4.79 Å². The highest BCUT2D eigenvalue weighted by Gasteiger charge is 2.35. The van der Waals surface area contributed by atoms with Gasteiger partial charge >= 0.3 is 6.18 Å². The molecule has 0 aliphatic carbocycles. The van der Waals surface area contributed by atoms with E-state index in [4.69, 9.17) is 9.47 Å². The SMILES string of the molecule is COc1ccc(-c2cc(C(F)(F)F)c(=O)n(Cc3ccccc3)n2)cc1OC. The summed E-state index contributed by atoms with van der Waals surface area (Å²) in [6.07, 6.45) is -4.80. The van der Waals surface area contributed by atoms with E-state index in [0.717, 1.165) is 10.7 Å². The number of nitrogens with zero attached hydrogens (tertiary/aromatic N) is 2. The third-order valence-corrected chi connectivity index (χ3v) is 4.13. The van der Waals surface area contributed by atoms with E-state index in [2.05, 4.69) is 5.10 Å². The number of rotatable bonds is 5. The third-order valence-electron chi connectivity index (χ3n) is 4.13. The molecule has 0 atom stereocenters. The maximum absolute atomic E-state index is 13.4. The molecule has 146 valence electrons. The molecule has 0 radical (unpaired) electrons. The molecule has 0 aliphatic heterocycles. The lowest BCUT2D eigenvalue weighted by atomic mass is 10.1. The van der Waals surface area contributed by atoms with Crippen molar-refractivity contribution in [2.45, 2.75) is 12.7 Å². The molecule has 2 aromatic carbocycles. The van der Waals surface area contributed by atoms with Gasteiger partial charge in [0.1, 0.15) is 5.56 Å². The summed E-state index contributed by atoms with van der Waals surface area (Å²) in [6.45, 7) is -0.0795. The van der Waals surface area contributed by atoms with Crippen molar-refractivity contribution in [3.8, 4) is 22.8 Å². The molecular weight excluding hydrogens is 373 g/mol. The standard InChI is InChI=1S/C20H17F3N2O3/c1-27-17-9-8-14(10-18(17)28-2)16-11-15(20(21,22)23)19(26)25(24-16)12-13-6-4-3-5-7-13/h3-11H,12H2,1-2H3. The molecule has 0 saturated heterocycles. The zero-order valence-electron chi connectivity index (χ0n) is 15.2. The Morgan fingerprint density at radius 2 is 1.64 bits per heavy atom. The fourth-order valence-corrected chi connectivity index (χ4v) is 2.75. The molecule has 0 N–H and O–H groups in total. The summed E-state index contributed by atoms with van der Waals surface area (Å²) in [5.41, 5.74) is -1.44. The highest BCUT2D eigenvalue weighted by molar-refractivity contribution is 5.64. The van der Waals surface area contributed by atoms with Crippen LogP contribution in [0.15, 0.2) is 59.4 Å². The van der Waals surface area contributed by atoms with Crippen LogP contribution in [-0.2, 0) is 12.7 Å². The van der Waals surface area contributed by atoms with Crippen LogP contribution < -0.4 is 15.0 Å². The predicted octanol–water partition coefficient (Wildman–Crippen LogP) is 3.99. The van der Waals surface area contributed by atoms with Crippen molar-refractivity contribution < 1.29 is 22.6 Å². The van der Waals surface area contributed by atoms with Gasteiger partial charge in [0, 0.05) is 5.56 Å². The largest absolute Gasteiger partial charge is 0.493 e. The molecule has 8 heteroatoms. The number of alkyl halides is 3. The Morgan fingerprint density at radius 1 is 0.964 bits per heavy atom. The van der Waals surface area contributed by atoms with Crippen LogP contribution in [0.1, 0.15) is 11.1 Å². The number of halogens is 3. The average Bonchev–Trinajstić information content (AvgIpc) is 2.68. The highest BCUT2D eigenvalue weighted by Crippen LogP contribution is 2.33. The molecule has 3 rings (SSSR count). The fourth-order valence-electron chi connectivity index (χ4n) is 2.75. The van der Waals surface area contributed by atoms with E-state index in [1.54, 1.807) is 42.5 Å². The minimum atomic E-state index is -4.80. The van der Waals surface area contributed by atoms with Crippen molar-refractivity contribution in [1.82, 2.24) is 9.78 Å². The smallest absolute Gasteiger partial charge is 0.421 e. The minimum Gasteiger partial charge on any atom is -0.493 e. The second-order valence-electron chi connectivity index (χ2n) is 5.96. The van der Waals surface area contributed by atoms with Crippen LogP contribution >= 0.6 is 0 Å². The number of methoxy groups -OCH3 is 2. The quantitative estimate of drug-likeness (QED) is 0.661. The Kier molecular flexibility index (Phi) is 5.39. The summed E-state index contributed by atoms with van der Waals surface area (Å²) in [4.78, 5) is 12.4. The topological polar surface area (TPSA) is 53.4 Å². The summed E-state index contributed by atoms with van der Waals surface area (Å²) in [6, 6.07) is 14.1. The second kappa shape index (κ2) is 7.75. The summed E-state index contributed by atoms with van der Waals surface area (Å²) in [7, 11) is 2.88. The van der Waals surface area contributed by atoms with Crippen LogP contribution in [0.4, 0.5) is 13.2 Å². The fraction of sp³-hybridized carbons (Fsp3) is 0.200. The average molecular weight is 390 g/mol. The highest BCUT2D eigenvalue weighted by atomic mass is 19.4. The first-order chi connectivity index (χ1) is 13.3. The first kappa shape index (κ1) is 19.5. The zero-order valence-corrected chi connectivity index (χ0v) is 15.2. The van der Waals surface area contributed by atoms with Crippen molar-refractivity contribution in [1.29, 1.82) is 0 Å². The molecule has 0 fully saturated rings. The van der Waals surface area contributed by atoms with Crippen molar-refractivity contribution in [3.63, 3.8) is 0 Å². The van der Waals surface area contributed by atoms with Gasteiger partial charge in [-0.15, -0.1) is 0 Å². The Labute approximate surface area is 159 Å². The van der Waals surface area contributed by atoms with E-state index in [1.807, 2.05) is 0 Å². The molecule has 5 nitrogen and oxygen atoms in total. The molecule has 0 spiro atoms. The van der Waals surface area contributed by atoms with Gasteiger partial charge in [0.05, 0.1) is 26.5 Å². The number of ether oxygens (including phenoxy) is 2. The van der Waals surface area contributed by atoms with Crippen LogP contribution in [0.3, 0.4) is 0 Å². The van der Waals surface area contributed by atoms with Gasteiger partial charge in [-0.25, -0.2) is 4.68 Å². The maximum atomic E-state index is 13.4. The zero-order chi connectivity index (χ0) is 20.3. The number of aromatic nitrogens is 2. The molecule has 1 heterocycles. The first-order valence-corrected chi connectivity index (χ1v) is 8.29. The number of benzene rings is 2. The first-order valence-electron chi connectivity index (χ1n) is 8.29. The maximum Gasteiger partial charge on any atom is 0.421 e. The molecular formula is C20H17F3N2O3. The second-order valence-corrected chi connectivity index (χ2v) is 5.96. The normalized spacial score (nSPS) is 11.3. The Morgan fingerprint density at radius 3 is 2.25 bits per heavy atom. The molecule has 0 amide bonds. The van der Waals surface area contributed by atoms with E-state index < -0.39 is 17.3 Å². The molecule has 0 unspecified atom stereocenters. The molecule has 1 aromatic heterocycles. The van der Waals surface area contributed by atoms with Gasteiger partial charge in [0.15, 0.2) is 11.5 Å². The van der Waals surface area contributed by atoms with Gasteiger partial charge in [-0.2, -0.15) is 18.3 Å². The Bertz CT molecular complexity index is 1030. The monoisotopic (exact) mass is 390 g/mol. The van der Waals surface area contributed by atoms with Gasteiger partial charge in [-0.1, -0.05) is 30.3 Å². The van der Waals surface area contributed by atoms with Crippen LogP contribution in [0.5, 0.6) is 11.5 Å². The van der Waals surface area contributed by atoms with Crippen LogP contribution in [0.2, 0.25) is 0 Å². The van der Waals surface area contributed by atoms with Gasteiger partial charge < -0.3 is 9.47 Å². The molecule has 0 bridgehead atoms. The van der Waals surface area contributed by atoms with Crippen molar-refractivity contribution in [3.05, 3.63) is 76.1 Å². The van der Waals surface area contributed by atoms with Gasteiger partial charge in [0.25, 0.3) is 5.56 Å². The summed E-state index contributed by atoms with van der Waals surface area (Å²) in [5, 5.41) is 4.15. The molecule has 3 aromatic rings. The van der Waals surface area contributed by atoms with E-state index in [0.29, 0.717) is 22.6 Å². The Balaban J connectivity index is 2.16. The van der Waals surface area contributed by atoms with E-state index in [1.165, 1.54) is 20.3 Å². The third kappa shape index (κ3) is 4.00. The summed E-state index contributed by atoms with van der Waals surface area (Å²) >= 11 is 0. The predicted molar refractivity (Wildman–Crippen MR) is 97.6 cm³/mol.